The molecule has 1 amide bonds. The summed E-state index contributed by atoms with van der Waals surface area (Å²) < 4.78 is 0. The number of rotatable bonds is 2. The van der Waals surface area contributed by atoms with E-state index in [4.69, 9.17) is 0 Å². The maximum Gasteiger partial charge on any atom is 0.254 e. The first-order valence-corrected chi connectivity index (χ1v) is 6.03. The second kappa shape index (κ2) is 4.84. The lowest BCUT2D eigenvalue weighted by molar-refractivity contribution is 0.0786. The number of aromatic nitrogens is 1. The summed E-state index contributed by atoms with van der Waals surface area (Å²) in [6.07, 6.45) is 3.08. The van der Waals surface area contributed by atoms with Crippen LogP contribution >= 0.6 is 0 Å². The van der Waals surface area contributed by atoms with Gasteiger partial charge in [0, 0.05) is 36.1 Å². The molecule has 1 unspecified atom stereocenters. The second-order valence-electron chi connectivity index (χ2n) is 4.59. The van der Waals surface area contributed by atoms with Crippen LogP contribution in [0.15, 0.2) is 12.3 Å². The zero-order valence-corrected chi connectivity index (χ0v) is 10.3. The number of pyridine rings is 1. The average molecular weight is 234 g/mol. The summed E-state index contributed by atoms with van der Waals surface area (Å²) in [7, 11) is 0. The van der Waals surface area contributed by atoms with Crippen LogP contribution in [0.25, 0.3) is 0 Å². The second-order valence-corrected chi connectivity index (χ2v) is 4.59. The van der Waals surface area contributed by atoms with Crippen molar-refractivity contribution in [2.75, 3.05) is 13.1 Å². The molecule has 17 heavy (non-hydrogen) atoms. The number of likely N-dealkylation sites (tertiary alicyclic amines) is 1. The van der Waals surface area contributed by atoms with E-state index in [9.17, 15) is 9.90 Å². The number of hydrogen-bond donors (Lipinski definition) is 1. The molecule has 1 aromatic heterocycles. The highest BCUT2D eigenvalue weighted by Crippen LogP contribution is 2.21. The zero-order valence-electron chi connectivity index (χ0n) is 10.3. The molecule has 0 bridgehead atoms. The number of nitrogens with zero attached hydrogens (tertiary/aromatic N) is 2. The number of amides is 1. The molecule has 92 valence electrons. The van der Waals surface area contributed by atoms with Gasteiger partial charge in [-0.25, -0.2) is 0 Å². The Balaban J connectivity index is 2.35. The Morgan fingerprint density at radius 3 is 2.71 bits per heavy atom. The van der Waals surface area contributed by atoms with Crippen LogP contribution in [-0.2, 0) is 0 Å². The van der Waals surface area contributed by atoms with Crippen molar-refractivity contribution in [3.63, 3.8) is 0 Å². The fourth-order valence-corrected chi connectivity index (χ4v) is 2.18. The molecule has 1 aliphatic rings. The van der Waals surface area contributed by atoms with Gasteiger partial charge in [-0.15, -0.1) is 0 Å². The highest BCUT2D eigenvalue weighted by Gasteiger charge is 2.23. The molecular weight excluding hydrogens is 216 g/mol. The predicted molar refractivity (Wildman–Crippen MR) is 64.7 cm³/mol. The molecule has 2 heterocycles. The molecule has 4 nitrogen and oxygen atoms in total. The van der Waals surface area contributed by atoms with E-state index in [1.165, 1.54) is 0 Å². The third-order valence-corrected chi connectivity index (χ3v) is 3.15. The summed E-state index contributed by atoms with van der Waals surface area (Å²) in [6.45, 7) is 5.15. The van der Waals surface area contributed by atoms with Crippen molar-refractivity contribution in [3.05, 3.63) is 29.1 Å². The number of aliphatic hydroxyl groups excluding tert-OH is 1. The average Bonchev–Trinajstić information content (AvgIpc) is 2.80. The van der Waals surface area contributed by atoms with E-state index in [-0.39, 0.29) is 5.91 Å². The monoisotopic (exact) mass is 234 g/mol. The molecule has 1 fully saturated rings. The Morgan fingerprint density at radius 2 is 2.12 bits per heavy atom. The minimum absolute atomic E-state index is 0.0175. The van der Waals surface area contributed by atoms with Crippen LogP contribution in [0, 0.1) is 6.92 Å². The van der Waals surface area contributed by atoms with E-state index >= 15 is 0 Å². The summed E-state index contributed by atoms with van der Waals surface area (Å²) in [4.78, 5) is 18.3. The number of carbonyl (C=O) groups excluding carboxylic acids is 1. The summed E-state index contributed by atoms with van der Waals surface area (Å²) in [5, 5.41) is 9.68. The van der Waals surface area contributed by atoms with Crippen LogP contribution in [-0.4, -0.2) is 34.0 Å². The third kappa shape index (κ3) is 2.47. The Labute approximate surface area is 101 Å². The molecule has 1 aromatic rings. The summed E-state index contributed by atoms with van der Waals surface area (Å²) in [5.74, 6) is 0.0175. The maximum absolute atomic E-state index is 12.3. The van der Waals surface area contributed by atoms with E-state index in [0.29, 0.717) is 11.1 Å². The molecular formula is C13H18N2O2. The lowest BCUT2D eigenvalue weighted by atomic mass is 10.0. The Kier molecular flexibility index (Phi) is 3.43. The van der Waals surface area contributed by atoms with Crippen LogP contribution in [0.4, 0.5) is 0 Å². The van der Waals surface area contributed by atoms with Crippen molar-refractivity contribution in [1.82, 2.24) is 9.88 Å². The van der Waals surface area contributed by atoms with Crippen molar-refractivity contribution in [2.24, 2.45) is 0 Å². The topological polar surface area (TPSA) is 53.4 Å². The van der Waals surface area contributed by atoms with Gasteiger partial charge < -0.3 is 10.0 Å². The first kappa shape index (κ1) is 12.0. The minimum atomic E-state index is -0.662. The van der Waals surface area contributed by atoms with Crippen LogP contribution in [0.1, 0.15) is 47.5 Å². The molecule has 2 rings (SSSR count). The molecule has 0 saturated carbocycles. The van der Waals surface area contributed by atoms with Crippen LogP contribution in [0.5, 0.6) is 0 Å². The molecule has 0 spiro atoms. The van der Waals surface area contributed by atoms with E-state index in [1.54, 1.807) is 19.2 Å². The van der Waals surface area contributed by atoms with Gasteiger partial charge in [-0.2, -0.15) is 0 Å². The molecule has 0 aliphatic carbocycles. The number of hydrogen-bond acceptors (Lipinski definition) is 3. The SMILES string of the molecule is Cc1cc(C(=O)N2CCCC2)c(C(C)O)cn1. The molecule has 1 aliphatic heterocycles. The first-order valence-electron chi connectivity index (χ1n) is 6.03. The number of carbonyl (C=O) groups is 1. The van der Waals surface area contributed by atoms with Gasteiger partial charge in [0.25, 0.3) is 5.91 Å². The summed E-state index contributed by atoms with van der Waals surface area (Å²) >= 11 is 0. The van der Waals surface area contributed by atoms with Gasteiger partial charge in [-0.1, -0.05) is 0 Å². The molecule has 1 saturated heterocycles. The van der Waals surface area contributed by atoms with E-state index in [1.807, 2.05) is 11.8 Å². The number of aliphatic hydroxyl groups is 1. The van der Waals surface area contributed by atoms with Gasteiger partial charge in [0.1, 0.15) is 0 Å². The maximum atomic E-state index is 12.3. The van der Waals surface area contributed by atoms with Gasteiger partial charge in [0.05, 0.1) is 6.10 Å². The van der Waals surface area contributed by atoms with E-state index in [2.05, 4.69) is 4.98 Å². The molecule has 1 N–H and O–H groups in total. The van der Waals surface area contributed by atoms with Gasteiger partial charge in [0.2, 0.25) is 0 Å². The van der Waals surface area contributed by atoms with Crippen molar-refractivity contribution in [2.45, 2.75) is 32.8 Å². The van der Waals surface area contributed by atoms with Gasteiger partial charge in [-0.05, 0) is 32.8 Å². The lowest BCUT2D eigenvalue weighted by Crippen LogP contribution is -2.29. The Morgan fingerprint density at radius 1 is 1.47 bits per heavy atom. The Bertz CT molecular complexity index is 423. The highest BCUT2D eigenvalue weighted by molar-refractivity contribution is 5.96. The van der Waals surface area contributed by atoms with Crippen LogP contribution in [0.3, 0.4) is 0 Å². The Hall–Kier alpha value is -1.42. The first-order chi connectivity index (χ1) is 8.09. The fraction of sp³-hybridized carbons (Fsp3) is 0.538. The highest BCUT2D eigenvalue weighted by atomic mass is 16.3. The molecule has 0 radical (unpaired) electrons. The smallest absolute Gasteiger partial charge is 0.254 e. The third-order valence-electron chi connectivity index (χ3n) is 3.15. The lowest BCUT2D eigenvalue weighted by Gasteiger charge is -2.18. The predicted octanol–water partition coefficient (Wildman–Crippen LogP) is 1.68. The normalized spacial score (nSPS) is 17.2. The minimum Gasteiger partial charge on any atom is -0.389 e. The standard InChI is InChI=1S/C13H18N2O2/c1-9-7-11(12(8-14-9)10(2)16)13(17)15-5-3-4-6-15/h7-8,10,16H,3-6H2,1-2H3. The fourth-order valence-electron chi connectivity index (χ4n) is 2.18. The zero-order chi connectivity index (χ0) is 12.4. The van der Waals surface area contributed by atoms with Gasteiger partial charge >= 0.3 is 0 Å². The molecule has 4 heteroatoms. The van der Waals surface area contributed by atoms with Crippen LogP contribution < -0.4 is 0 Å². The van der Waals surface area contributed by atoms with Gasteiger partial charge in [0.15, 0.2) is 0 Å². The number of aryl methyl sites for hydroxylation is 1. The van der Waals surface area contributed by atoms with Crippen molar-refractivity contribution in [1.29, 1.82) is 0 Å². The van der Waals surface area contributed by atoms with Crippen molar-refractivity contribution in [3.8, 4) is 0 Å². The summed E-state index contributed by atoms with van der Waals surface area (Å²) in [6, 6.07) is 1.77. The molecule has 1 atom stereocenters. The van der Waals surface area contributed by atoms with E-state index in [0.717, 1.165) is 31.6 Å². The quantitative estimate of drug-likeness (QED) is 0.847. The van der Waals surface area contributed by atoms with E-state index < -0.39 is 6.10 Å². The van der Waals surface area contributed by atoms with Crippen molar-refractivity contribution < 1.29 is 9.90 Å². The summed E-state index contributed by atoms with van der Waals surface area (Å²) in [5.41, 5.74) is 2.01. The molecule has 0 aromatic carbocycles. The largest absolute Gasteiger partial charge is 0.389 e. The van der Waals surface area contributed by atoms with Crippen molar-refractivity contribution >= 4 is 5.91 Å². The van der Waals surface area contributed by atoms with Crippen LogP contribution in [0.2, 0.25) is 0 Å². The van der Waals surface area contributed by atoms with Gasteiger partial charge in [-0.3, -0.25) is 9.78 Å².